The van der Waals surface area contributed by atoms with E-state index in [9.17, 15) is 9.59 Å². The number of aromatic carboxylic acids is 1. The van der Waals surface area contributed by atoms with Crippen LogP contribution in [0.3, 0.4) is 0 Å². The van der Waals surface area contributed by atoms with Crippen LogP contribution in [0.5, 0.6) is 0 Å². The van der Waals surface area contributed by atoms with E-state index >= 15 is 0 Å². The minimum Gasteiger partial charge on any atom is -0.478 e. The number of carbonyl (C=O) groups is 2. The Labute approximate surface area is 158 Å². The van der Waals surface area contributed by atoms with Crippen molar-refractivity contribution in [3.63, 3.8) is 0 Å². The summed E-state index contributed by atoms with van der Waals surface area (Å²) >= 11 is 0. The zero-order valence-electron chi connectivity index (χ0n) is 15.8. The Morgan fingerprint density at radius 2 is 1.96 bits per heavy atom. The van der Waals surface area contributed by atoms with Gasteiger partial charge in [0.2, 0.25) is 5.91 Å². The molecule has 0 unspecified atom stereocenters. The molecule has 7 heteroatoms. The molecular weight excluding hydrogens is 344 g/mol. The standard InChI is InChI=1S/C20H24N4O3/c1-13(2)8-9-24-12-19(25)23(3)17-11-21-18(10-16(17)24)22-15-6-4-14(5-7-15)20(26)27/h4-7,10-11,13H,8-9,12H2,1-3H3,(H,21,22)(H,26,27). The number of carboxylic acid groups (broad SMARTS) is 1. The number of pyridine rings is 1. The van der Waals surface area contributed by atoms with Crippen LogP contribution >= 0.6 is 0 Å². The number of fused-ring (bicyclic) bond motifs is 1. The number of rotatable bonds is 6. The van der Waals surface area contributed by atoms with Gasteiger partial charge in [-0.05, 0) is 36.6 Å². The van der Waals surface area contributed by atoms with Crippen LogP contribution in [0.4, 0.5) is 22.9 Å². The molecule has 27 heavy (non-hydrogen) atoms. The van der Waals surface area contributed by atoms with Gasteiger partial charge >= 0.3 is 5.97 Å². The SMILES string of the molecule is CC(C)CCN1CC(=O)N(C)c2cnc(Nc3ccc(C(=O)O)cc3)cc21. The fraction of sp³-hybridized carbons (Fsp3) is 0.350. The summed E-state index contributed by atoms with van der Waals surface area (Å²) in [6, 6.07) is 8.44. The van der Waals surface area contributed by atoms with Crippen molar-refractivity contribution >= 4 is 34.8 Å². The van der Waals surface area contributed by atoms with Crippen molar-refractivity contribution in [2.45, 2.75) is 20.3 Å². The third kappa shape index (κ3) is 4.19. The highest BCUT2D eigenvalue weighted by atomic mass is 16.4. The molecule has 0 spiro atoms. The second kappa shape index (κ2) is 7.65. The first-order valence-electron chi connectivity index (χ1n) is 8.97. The van der Waals surface area contributed by atoms with Crippen molar-refractivity contribution in [1.29, 1.82) is 0 Å². The molecule has 7 nitrogen and oxygen atoms in total. The molecule has 1 aliphatic rings. The molecular formula is C20H24N4O3. The number of anilines is 4. The van der Waals surface area contributed by atoms with Crippen LogP contribution < -0.4 is 15.1 Å². The summed E-state index contributed by atoms with van der Waals surface area (Å²) in [6.07, 6.45) is 2.70. The van der Waals surface area contributed by atoms with Crippen LogP contribution in [0.15, 0.2) is 36.5 Å². The molecule has 2 heterocycles. The third-order valence-electron chi connectivity index (χ3n) is 4.64. The van der Waals surface area contributed by atoms with Crippen molar-refractivity contribution < 1.29 is 14.7 Å². The third-order valence-corrected chi connectivity index (χ3v) is 4.64. The number of likely N-dealkylation sites (N-methyl/N-ethyl adjacent to an activating group) is 1. The van der Waals surface area contributed by atoms with Crippen LogP contribution in [0, 0.1) is 5.92 Å². The molecule has 0 saturated carbocycles. The molecule has 0 aliphatic carbocycles. The lowest BCUT2D eigenvalue weighted by Gasteiger charge is -2.35. The highest BCUT2D eigenvalue weighted by Crippen LogP contribution is 2.34. The molecule has 0 radical (unpaired) electrons. The number of amides is 1. The van der Waals surface area contributed by atoms with Crippen LogP contribution in [0.2, 0.25) is 0 Å². The Kier molecular flexibility index (Phi) is 5.30. The van der Waals surface area contributed by atoms with E-state index in [1.807, 2.05) is 6.07 Å². The van der Waals surface area contributed by atoms with E-state index in [-0.39, 0.29) is 11.5 Å². The first-order chi connectivity index (χ1) is 12.8. The van der Waals surface area contributed by atoms with Gasteiger partial charge in [0.15, 0.2) is 0 Å². The molecule has 2 aromatic rings. The maximum atomic E-state index is 12.3. The zero-order valence-corrected chi connectivity index (χ0v) is 15.8. The number of nitrogens with one attached hydrogen (secondary N) is 1. The lowest BCUT2D eigenvalue weighted by Crippen LogP contribution is -2.44. The molecule has 1 aromatic carbocycles. The molecule has 0 saturated heterocycles. The molecule has 1 aromatic heterocycles. The van der Waals surface area contributed by atoms with Gasteiger partial charge < -0.3 is 20.2 Å². The number of aromatic nitrogens is 1. The van der Waals surface area contributed by atoms with Crippen molar-refractivity contribution in [3.8, 4) is 0 Å². The summed E-state index contributed by atoms with van der Waals surface area (Å²) in [5.41, 5.74) is 2.75. The summed E-state index contributed by atoms with van der Waals surface area (Å²) in [4.78, 5) is 31.4. The van der Waals surface area contributed by atoms with Gasteiger partial charge in [-0.25, -0.2) is 9.78 Å². The molecule has 2 N–H and O–H groups in total. The lowest BCUT2D eigenvalue weighted by molar-refractivity contribution is -0.117. The Morgan fingerprint density at radius 3 is 2.59 bits per heavy atom. The van der Waals surface area contributed by atoms with Crippen molar-refractivity contribution in [3.05, 3.63) is 42.1 Å². The average Bonchev–Trinajstić information content (AvgIpc) is 2.64. The van der Waals surface area contributed by atoms with Gasteiger partial charge in [-0.3, -0.25) is 4.79 Å². The van der Waals surface area contributed by atoms with Gasteiger partial charge in [0.1, 0.15) is 5.82 Å². The Balaban J connectivity index is 1.85. The van der Waals surface area contributed by atoms with Gasteiger partial charge in [-0.2, -0.15) is 0 Å². The van der Waals surface area contributed by atoms with Gasteiger partial charge in [-0.1, -0.05) is 13.8 Å². The number of hydrogen-bond acceptors (Lipinski definition) is 5. The zero-order chi connectivity index (χ0) is 19.6. The van der Waals surface area contributed by atoms with E-state index < -0.39 is 5.97 Å². The fourth-order valence-corrected chi connectivity index (χ4v) is 2.96. The summed E-state index contributed by atoms with van der Waals surface area (Å²) in [5, 5.41) is 12.2. The van der Waals surface area contributed by atoms with E-state index in [4.69, 9.17) is 5.11 Å². The predicted octanol–water partition coefficient (Wildman–Crippen LogP) is 3.35. The van der Waals surface area contributed by atoms with E-state index in [1.54, 1.807) is 42.4 Å². The van der Waals surface area contributed by atoms with Gasteiger partial charge in [-0.15, -0.1) is 0 Å². The Hall–Kier alpha value is -3.09. The predicted molar refractivity (Wildman–Crippen MR) is 106 cm³/mol. The topological polar surface area (TPSA) is 85.8 Å². The second-order valence-electron chi connectivity index (χ2n) is 7.12. The molecule has 3 rings (SSSR count). The smallest absolute Gasteiger partial charge is 0.335 e. The van der Waals surface area contributed by atoms with Crippen LogP contribution in [-0.2, 0) is 4.79 Å². The average molecular weight is 368 g/mol. The van der Waals surface area contributed by atoms with Crippen LogP contribution in [0.1, 0.15) is 30.6 Å². The quantitative estimate of drug-likeness (QED) is 0.813. The first kappa shape index (κ1) is 18.7. The van der Waals surface area contributed by atoms with E-state index in [2.05, 4.69) is 29.0 Å². The lowest BCUT2D eigenvalue weighted by atomic mass is 10.1. The van der Waals surface area contributed by atoms with Gasteiger partial charge in [0.05, 0.1) is 29.7 Å². The molecule has 142 valence electrons. The monoisotopic (exact) mass is 368 g/mol. The number of benzene rings is 1. The summed E-state index contributed by atoms with van der Waals surface area (Å²) in [6.45, 7) is 5.49. The van der Waals surface area contributed by atoms with Crippen molar-refractivity contribution in [2.24, 2.45) is 5.92 Å². The van der Waals surface area contributed by atoms with Crippen molar-refractivity contribution in [2.75, 3.05) is 35.3 Å². The van der Waals surface area contributed by atoms with E-state index in [1.165, 1.54) is 0 Å². The Morgan fingerprint density at radius 1 is 1.26 bits per heavy atom. The molecule has 1 amide bonds. The highest BCUT2D eigenvalue weighted by Gasteiger charge is 2.27. The minimum absolute atomic E-state index is 0.0537. The molecule has 0 fully saturated rings. The minimum atomic E-state index is -0.957. The molecule has 0 bridgehead atoms. The molecule has 1 aliphatic heterocycles. The fourth-order valence-electron chi connectivity index (χ4n) is 2.96. The summed E-state index contributed by atoms with van der Waals surface area (Å²) in [7, 11) is 1.76. The first-order valence-corrected chi connectivity index (χ1v) is 8.97. The number of carboxylic acids is 1. The number of nitrogens with zero attached hydrogens (tertiary/aromatic N) is 3. The van der Waals surface area contributed by atoms with Crippen molar-refractivity contribution in [1.82, 2.24) is 4.98 Å². The highest BCUT2D eigenvalue weighted by molar-refractivity contribution is 6.03. The molecule has 0 atom stereocenters. The van der Waals surface area contributed by atoms with Crippen LogP contribution in [-0.4, -0.2) is 42.1 Å². The normalized spacial score (nSPS) is 13.7. The Bertz CT molecular complexity index is 849. The maximum absolute atomic E-state index is 12.3. The second-order valence-corrected chi connectivity index (χ2v) is 7.12. The largest absolute Gasteiger partial charge is 0.478 e. The summed E-state index contributed by atoms with van der Waals surface area (Å²) < 4.78 is 0. The van der Waals surface area contributed by atoms with Gasteiger partial charge in [0.25, 0.3) is 0 Å². The summed E-state index contributed by atoms with van der Waals surface area (Å²) in [5.74, 6) is 0.296. The van der Waals surface area contributed by atoms with E-state index in [0.717, 1.165) is 30.0 Å². The van der Waals surface area contributed by atoms with E-state index in [0.29, 0.717) is 18.3 Å². The number of carbonyl (C=O) groups excluding carboxylic acids is 1. The van der Waals surface area contributed by atoms with Crippen LogP contribution in [0.25, 0.3) is 0 Å². The number of hydrogen-bond donors (Lipinski definition) is 2. The van der Waals surface area contributed by atoms with Gasteiger partial charge in [0, 0.05) is 25.3 Å². The maximum Gasteiger partial charge on any atom is 0.335 e.